The van der Waals surface area contributed by atoms with Crippen LogP contribution >= 0.6 is 27.5 Å². The lowest BCUT2D eigenvalue weighted by Gasteiger charge is -2.17. The van der Waals surface area contributed by atoms with E-state index in [-0.39, 0.29) is 5.54 Å². The predicted molar refractivity (Wildman–Crippen MR) is 81.5 cm³/mol. The van der Waals surface area contributed by atoms with Gasteiger partial charge in [-0.15, -0.1) is 5.10 Å². The molecular weight excluding hydrogens is 328 g/mol. The Hall–Kier alpha value is -1.07. The number of nitrogens with zero attached hydrogens (tertiary/aromatic N) is 3. The molecule has 0 amide bonds. The molecule has 0 bridgehead atoms. The lowest BCUT2D eigenvalue weighted by atomic mass is 10.1. The Bertz CT molecular complexity index is 574. The van der Waals surface area contributed by atoms with Crippen molar-refractivity contribution in [2.24, 2.45) is 0 Å². The third kappa shape index (κ3) is 3.70. The van der Waals surface area contributed by atoms with E-state index >= 15 is 0 Å². The monoisotopic (exact) mass is 342 g/mol. The smallest absolute Gasteiger partial charge is 0.102 e. The number of nitrogens with one attached hydrogen (secondary N) is 1. The van der Waals surface area contributed by atoms with Crippen molar-refractivity contribution in [2.75, 3.05) is 5.32 Å². The average Bonchev–Trinajstić information content (AvgIpc) is 2.79. The molecule has 1 N–H and O–H groups in total. The molecule has 0 atom stereocenters. The molecule has 0 aliphatic rings. The zero-order valence-electron chi connectivity index (χ0n) is 11.1. The first-order valence-corrected chi connectivity index (χ1v) is 7.14. The fourth-order valence-electron chi connectivity index (χ4n) is 1.51. The Morgan fingerprint density at radius 2 is 2.11 bits per heavy atom. The van der Waals surface area contributed by atoms with Gasteiger partial charge >= 0.3 is 0 Å². The minimum Gasteiger partial charge on any atom is -0.379 e. The largest absolute Gasteiger partial charge is 0.379 e. The molecule has 0 aliphatic heterocycles. The van der Waals surface area contributed by atoms with E-state index in [0.717, 1.165) is 15.9 Å². The van der Waals surface area contributed by atoms with Gasteiger partial charge in [-0.3, -0.25) is 0 Å². The molecular formula is C13H16BrClN4. The lowest BCUT2D eigenvalue weighted by Crippen LogP contribution is -2.22. The number of benzene rings is 1. The standard InChI is InChI=1S/C13H16BrClN4/c1-13(2,3)19-8-10(17-18-19)7-16-9-4-5-12(15)11(14)6-9/h4-6,8,16H,7H2,1-3H3. The number of aromatic nitrogens is 3. The number of halogens is 2. The number of anilines is 1. The molecule has 1 heterocycles. The van der Waals surface area contributed by atoms with Crippen LogP contribution < -0.4 is 5.32 Å². The van der Waals surface area contributed by atoms with Crippen LogP contribution in [-0.4, -0.2) is 15.0 Å². The zero-order chi connectivity index (χ0) is 14.0. The third-order valence-corrected chi connectivity index (χ3v) is 3.84. The Morgan fingerprint density at radius 1 is 1.37 bits per heavy atom. The summed E-state index contributed by atoms with van der Waals surface area (Å²) in [5.41, 5.74) is 1.84. The normalized spacial score (nSPS) is 11.6. The number of rotatable bonds is 3. The first-order valence-electron chi connectivity index (χ1n) is 5.97. The van der Waals surface area contributed by atoms with Crippen LogP contribution in [0.1, 0.15) is 26.5 Å². The van der Waals surface area contributed by atoms with E-state index in [1.54, 1.807) is 0 Å². The Labute approximate surface area is 126 Å². The Morgan fingerprint density at radius 3 is 2.68 bits per heavy atom. The van der Waals surface area contributed by atoms with Crippen molar-refractivity contribution in [3.63, 3.8) is 0 Å². The summed E-state index contributed by atoms with van der Waals surface area (Å²) in [6, 6.07) is 5.72. The van der Waals surface area contributed by atoms with Gasteiger partial charge in [-0.2, -0.15) is 0 Å². The van der Waals surface area contributed by atoms with Crippen LogP contribution in [0.2, 0.25) is 5.02 Å². The third-order valence-electron chi connectivity index (χ3n) is 2.62. The maximum absolute atomic E-state index is 5.95. The predicted octanol–water partition coefficient (Wildman–Crippen LogP) is 4.06. The van der Waals surface area contributed by atoms with E-state index in [0.29, 0.717) is 11.6 Å². The summed E-state index contributed by atoms with van der Waals surface area (Å²) in [5.74, 6) is 0. The molecule has 0 spiro atoms. The van der Waals surface area contributed by atoms with Crippen LogP contribution in [0.25, 0.3) is 0 Å². The quantitative estimate of drug-likeness (QED) is 0.914. The zero-order valence-corrected chi connectivity index (χ0v) is 13.5. The van der Waals surface area contributed by atoms with E-state index in [1.807, 2.05) is 29.1 Å². The topological polar surface area (TPSA) is 42.7 Å². The van der Waals surface area contributed by atoms with Crippen LogP contribution in [-0.2, 0) is 12.1 Å². The molecule has 4 nitrogen and oxygen atoms in total. The first kappa shape index (κ1) is 14.3. The van der Waals surface area contributed by atoms with E-state index in [9.17, 15) is 0 Å². The molecule has 0 radical (unpaired) electrons. The second-order valence-electron chi connectivity index (χ2n) is 5.31. The summed E-state index contributed by atoms with van der Waals surface area (Å²) in [4.78, 5) is 0. The summed E-state index contributed by atoms with van der Waals surface area (Å²) in [6.07, 6.45) is 1.96. The highest BCUT2D eigenvalue weighted by atomic mass is 79.9. The average molecular weight is 344 g/mol. The maximum Gasteiger partial charge on any atom is 0.102 e. The molecule has 1 aromatic heterocycles. The summed E-state index contributed by atoms with van der Waals surface area (Å²) in [7, 11) is 0. The van der Waals surface area contributed by atoms with Crippen molar-refractivity contribution in [1.82, 2.24) is 15.0 Å². The molecule has 2 rings (SSSR count). The number of hydrogen-bond acceptors (Lipinski definition) is 3. The minimum absolute atomic E-state index is 0.0471. The fraction of sp³-hybridized carbons (Fsp3) is 0.385. The van der Waals surface area contributed by atoms with Crippen molar-refractivity contribution in [2.45, 2.75) is 32.9 Å². The van der Waals surface area contributed by atoms with Crippen LogP contribution in [0.3, 0.4) is 0 Å². The van der Waals surface area contributed by atoms with Crippen molar-refractivity contribution >= 4 is 33.2 Å². The number of hydrogen-bond donors (Lipinski definition) is 1. The maximum atomic E-state index is 5.95. The van der Waals surface area contributed by atoms with Crippen LogP contribution in [0.5, 0.6) is 0 Å². The van der Waals surface area contributed by atoms with Gasteiger partial charge in [0.05, 0.1) is 23.3 Å². The molecule has 2 aromatic rings. The van der Waals surface area contributed by atoms with Gasteiger partial charge in [0.2, 0.25) is 0 Å². The van der Waals surface area contributed by atoms with Crippen LogP contribution in [0.15, 0.2) is 28.9 Å². The highest BCUT2D eigenvalue weighted by molar-refractivity contribution is 9.10. The van der Waals surface area contributed by atoms with E-state index in [4.69, 9.17) is 11.6 Å². The Kier molecular flexibility index (Phi) is 4.16. The molecule has 0 fully saturated rings. The van der Waals surface area contributed by atoms with Crippen molar-refractivity contribution in [3.05, 3.63) is 39.6 Å². The molecule has 102 valence electrons. The van der Waals surface area contributed by atoms with E-state index in [2.05, 4.69) is 52.3 Å². The first-order chi connectivity index (χ1) is 8.86. The highest BCUT2D eigenvalue weighted by Gasteiger charge is 2.14. The Balaban J connectivity index is 2.02. The van der Waals surface area contributed by atoms with E-state index < -0.39 is 0 Å². The lowest BCUT2D eigenvalue weighted by molar-refractivity contribution is 0.347. The summed E-state index contributed by atoms with van der Waals surface area (Å²) >= 11 is 9.35. The molecule has 6 heteroatoms. The van der Waals surface area contributed by atoms with Gasteiger partial charge in [0, 0.05) is 10.2 Å². The molecule has 0 saturated carbocycles. The van der Waals surface area contributed by atoms with Crippen molar-refractivity contribution in [1.29, 1.82) is 0 Å². The van der Waals surface area contributed by atoms with Crippen LogP contribution in [0.4, 0.5) is 5.69 Å². The minimum atomic E-state index is -0.0471. The van der Waals surface area contributed by atoms with Gasteiger partial charge in [0.1, 0.15) is 5.69 Å². The van der Waals surface area contributed by atoms with E-state index in [1.165, 1.54) is 0 Å². The second-order valence-corrected chi connectivity index (χ2v) is 6.57. The van der Waals surface area contributed by atoms with Gasteiger partial charge in [0.15, 0.2) is 0 Å². The van der Waals surface area contributed by atoms with Gasteiger partial charge in [-0.05, 0) is 54.9 Å². The second kappa shape index (κ2) is 5.51. The van der Waals surface area contributed by atoms with Crippen LogP contribution in [0, 0.1) is 0 Å². The van der Waals surface area contributed by atoms with Crippen molar-refractivity contribution < 1.29 is 0 Å². The fourth-order valence-corrected chi connectivity index (χ4v) is 2.00. The summed E-state index contributed by atoms with van der Waals surface area (Å²) in [5, 5.41) is 12.3. The van der Waals surface area contributed by atoms with Gasteiger partial charge < -0.3 is 5.32 Å². The molecule has 0 saturated heterocycles. The van der Waals surface area contributed by atoms with Gasteiger partial charge in [-0.1, -0.05) is 16.8 Å². The van der Waals surface area contributed by atoms with Crippen molar-refractivity contribution in [3.8, 4) is 0 Å². The molecule has 0 unspecified atom stereocenters. The van der Waals surface area contributed by atoms with Gasteiger partial charge in [0.25, 0.3) is 0 Å². The van der Waals surface area contributed by atoms with Gasteiger partial charge in [-0.25, -0.2) is 4.68 Å². The molecule has 0 aliphatic carbocycles. The molecule has 1 aromatic carbocycles. The summed E-state index contributed by atoms with van der Waals surface area (Å²) < 4.78 is 2.74. The SMILES string of the molecule is CC(C)(C)n1cc(CNc2ccc(Cl)c(Br)c2)nn1. The summed E-state index contributed by atoms with van der Waals surface area (Å²) in [6.45, 7) is 6.91. The molecule has 19 heavy (non-hydrogen) atoms. The highest BCUT2D eigenvalue weighted by Crippen LogP contribution is 2.25.